The van der Waals surface area contributed by atoms with Crippen LogP contribution < -0.4 is 10.4 Å². The summed E-state index contributed by atoms with van der Waals surface area (Å²) in [4.78, 5) is 12.7. The van der Waals surface area contributed by atoms with Gasteiger partial charge in [0, 0.05) is 21.2 Å². The van der Waals surface area contributed by atoms with Gasteiger partial charge >= 0.3 is 5.63 Å². The lowest BCUT2D eigenvalue weighted by Crippen LogP contribution is -2.21. The van der Waals surface area contributed by atoms with Gasteiger partial charge in [-0.15, -0.1) is 10.2 Å². The Labute approximate surface area is 177 Å². The fourth-order valence-corrected chi connectivity index (χ4v) is 4.21. The number of fused-ring (bicyclic) bond motifs is 2. The minimum atomic E-state index is -0.455. The topological polar surface area (TPSA) is 82.5 Å². The van der Waals surface area contributed by atoms with Crippen LogP contribution in [0.15, 0.2) is 72.5 Å². The monoisotopic (exact) mass is 468 g/mol. The molecule has 29 heavy (non-hydrogen) atoms. The predicted molar refractivity (Wildman–Crippen MR) is 115 cm³/mol. The SMILES string of the molecule is COc1cccc2cc(C3=Nn4c(nnc4-c4ccc(Br)cc4)SC3)c(=O)oc12. The number of para-hydroxylation sites is 1. The van der Waals surface area contributed by atoms with Crippen molar-refractivity contribution in [3.05, 3.63) is 69.0 Å². The number of hydrogen-bond donors (Lipinski definition) is 0. The molecule has 0 N–H and O–H groups in total. The molecule has 1 aliphatic rings. The van der Waals surface area contributed by atoms with Crippen molar-refractivity contribution in [2.24, 2.45) is 5.10 Å². The number of thioether (sulfide) groups is 1. The Morgan fingerprint density at radius 3 is 2.79 bits per heavy atom. The Hall–Kier alpha value is -2.91. The van der Waals surface area contributed by atoms with Crippen LogP contribution in [0.2, 0.25) is 0 Å². The van der Waals surface area contributed by atoms with Crippen LogP contribution in [0, 0.1) is 0 Å². The number of halogens is 1. The van der Waals surface area contributed by atoms with Gasteiger partial charge in [0.05, 0.1) is 18.4 Å². The number of benzene rings is 2. The third-order valence-electron chi connectivity index (χ3n) is 4.53. The first-order valence-electron chi connectivity index (χ1n) is 8.67. The molecule has 5 rings (SSSR count). The maximum absolute atomic E-state index is 12.7. The smallest absolute Gasteiger partial charge is 0.345 e. The molecule has 0 aliphatic carbocycles. The number of methoxy groups -OCH3 is 1. The molecule has 4 aromatic rings. The summed E-state index contributed by atoms with van der Waals surface area (Å²) in [7, 11) is 1.54. The first kappa shape index (κ1) is 18.1. The molecule has 2 aromatic heterocycles. The van der Waals surface area contributed by atoms with Crippen LogP contribution in [-0.2, 0) is 0 Å². The summed E-state index contributed by atoms with van der Waals surface area (Å²) in [5.41, 5.74) is 1.88. The van der Waals surface area contributed by atoms with Crippen molar-refractivity contribution in [1.82, 2.24) is 14.9 Å². The van der Waals surface area contributed by atoms with Gasteiger partial charge in [0.15, 0.2) is 17.2 Å². The van der Waals surface area contributed by atoms with E-state index in [9.17, 15) is 4.79 Å². The van der Waals surface area contributed by atoms with Crippen LogP contribution in [-0.4, -0.2) is 33.4 Å². The van der Waals surface area contributed by atoms with E-state index in [0.717, 1.165) is 15.4 Å². The van der Waals surface area contributed by atoms with Gasteiger partial charge in [0.2, 0.25) is 5.16 Å². The van der Waals surface area contributed by atoms with Gasteiger partial charge in [-0.05, 0) is 24.3 Å². The van der Waals surface area contributed by atoms with E-state index in [1.54, 1.807) is 23.9 Å². The highest BCUT2D eigenvalue weighted by Gasteiger charge is 2.23. The van der Waals surface area contributed by atoms with E-state index in [-0.39, 0.29) is 0 Å². The standard InChI is InChI=1S/C20H13BrN4O3S/c1-27-16-4-2-3-12-9-14(19(26)28-17(12)16)15-10-29-20-23-22-18(25(20)24-15)11-5-7-13(21)8-6-11/h2-9H,10H2,1H3. The summed E-state index contributed by atoms with van der Waals surface area (Å²) in [6.07, 6.45) is 0. The van der Waals surface area contributed by atoms with Crippen molar-refractivity contribution < 1.29 is 9.15 Å². The molecule has 0 saturated carbocycles. The van der Waals surface area contributed by atoms with E-state index in [1.165, 1.54) is 11.8 Å². The van der Waals surface area contributed by atoms with E-state index in [1.807, 2.05) is 36.4 Å². The molecule has 0 fully saturated rings. The zero-order valence-electron chi connectivity index (χ0n) is 15.1. The van der Waals surface area contributed by atoms with E-state index in [0.29, 0.717) is 39.3 Å². The predicted octanol–water partition coefficient (Wildman–Crippen LogP) is 4.18. The molecule has 0 radical (unpaired) electrons. The lowest BCUT2D eigenvalue weighted by molar-refractivity contribution is 0.406. The Bertz CT molecular complexity index is 1330. The van der Waals surface area contributed by atoms with Crippen molar-refractivity contribution in [3.8, 4) is 17.1 Å². The number of ether oxygens (including phenoxy) is 1. The minimum Gasteiger partial charge on any atom is -0.493 e. The van der Waals surface area contributed by atoms with Gasteiger partial charge in [0.25, 0.3) is 0 Å². The third-order valence-corrected chi connectivity index (χ3v) is 5.99. The minimum absolute atomic E-state index is 0.416. The second-order valence-corrected chi connectivity index (χ2v) is 8.14. The molecule has 0 spiro atoms. The quantitative estimate of drug-likeness (QED) is 0.419. The van der Waals surface area contributed by atoms with Crippen LogP contribution in [0.3, 0.4) is 0 Å². The lowest BCUT2D eigenvalue weighted by Gasteiger charge is -2.14. The van der Waals surface area contributed by atoms with Crippen LogP contribution in [0.1, 0.15) is 5.56 Å². The number of rotatable bonds is 3. The van der Waals surface area contributed by atoms with Crippen molar-refractivity contribution >= 4 is 44.4 Å². The summed E-state index contributed by atoms with van der Waals surface area (Å²) in [5, 5.41) is 14.6. The maximum Gasteiger partial charge on any atom is 0.345 e. The molecule has 144 valence electrons. The normalized spacial score (nSPS) is 13.2. The number of nitrogens with zero attached hydrogens (tertiary/aromatic N) is 4. The summed E-state index contributed by atoms with van der Waals surface area (Å²) >= 11 is 4.91. The second-order valence-electron chi connectivity index (χ2n) is 6.29. The van der Waals surface area contributed by atoms with E-state index in [4.69, 9.17) is 9.15 Å². The first-order chi connectivity index (χ1) is 14.1. The third kappa shape index (κ3) is 3.16. The fourth-order valence-electron chi connectivity index (χ4n) is 3.12. The average molecular weight is 469 g/mol. The van der Waals surface area contributed by atoms with E-state index in [2.05, 4.69) is 31.2 Å². The zero-order chi connectivity index (χ0) is 20.0. The van der Waals surface area contributed by atoms with Gasteiger partial charge in [-0.25, -0.2) is 4.79 Å². The summed E-state index contributed by atoms with van der Waals surface area (Å²) < 4.78 is 13.5. The summed E-state index contributed by atoms with van der Waals surface area (Å²) in [6, 6.07) is 15.0. The van der Waals surface area contributed by atoms with Gasteiger partial charge < -0.3 is 9.15 Å². The van der Waals surface area contributed by atoms with Gasteiger partial charge in [-0.3, -0.25) is 0 Å². The molecule has 0 bridgehead atoms. The molecule has 0 unspecified atom stereocenters. The Morgan fingerprint density at radius 2 is 2.00 bits per heavy atom. The molecule has 0 saturated heterocycles. The molecule has 7 nitrogen and oxygen atoms in total. The Morgan fingerprint density at radius 1 is 1.17 bits per heavy atom. The molecule has 9 heteroatoms. The van der Waals surface area contributed by atoms with Crippen molar-refractivity contribution in [1.29, 1.82) is 0 Å². The highest BCUT2D eigenvalue weighted by Crippen LogP contribution is 2.30. The van der Waals surface area contributed by atoms with E-state index >= 15 is 0 Å². The number of hydrogen-bond acceptors (Lipinski definition) is 7. The van der Waals surface area contributed by atoms with E-state index < -0.39 is 5.63 Å². The largest absolute Gasteiger partial charge is 0.493 e. The molecule has 0 amide bonds. The zero-order valence-corrected chi connectivity index (χ0v) is 17.5. The van der Waals surface area contributed by atoms with Gasteiger partial charge in [-0.1, -0.05) is 52.0 Å². The van der Waals surface area contributed by atoms with Crippen molar-refractivity contribution in [2.75, 3.05) is 12.9 Å². The van der Waals surface area contributed by atoms with Crippen LogP contribution in [0.4, 0.5) is 0 Å². The summed E-state index contributed by atoms with van der Waals surface area (Å²) in [6.45, 7) is 0. The van der Waals surface area contributed by atoms with Gasteiger partial charge in [-0.2, -0.15) is 9.78 Å². The molecule has 2 aromatic carbocycles. The Kier molecular flexibility index (Phi) is 4.48. The highest BCUT2D eigenvalue weighted by molar-refractivity contribution is 9.10. The highest BCUT2D eigenvalue weighted by atomic mass is 79.9. The number of aromatic nitrogens is 3. The fraction of sp³-hybridized carbons (Fsp3) is 0.100. The van der Waals surface area contributed by atoms with Crippen molar-refractivity contribution in [2.45, 2.75) is 5.16 Å². The molecular weight excluding hydrogens is 456 g/mol. The molecule has 3 heterocycles. The molecule has 1 aliphatic heterocycles. The first-order valence-corrected chi connectivity index (χ1v) is 10.4. The lowest BCUT2D eigenvalue weighted by atomic mass is 10.1. The van der Waals surface area contributed by atoms with Crippen LogP contribution in [0.25, 0.3) is 22.4 Å². The summed E-state index contributed by atoms with van der Waals surface area (Å²) in [5.74, 6) is 1.63. The van der Waals surface area contributed by atoms with Gasteiger partial charge in [0.1, 0.15) is 0 Å². The average Bonchev–Trinajstić information content (AvgIpc) is 3.16. The van der Waals surface area contributed by atoms with Crippen LogP contribution >= 0.6 is 27.7 Å². The maximum atomic E-state index is 12.7. The second kappa shape index (κ2) is 7.16. The Balaban J connectivity index is 1.64. The van der Waals surface area contributed by atoms with Crippen LogP contribution in [0.5, 0.6) is 5.75 Å². The van der Waals surface area contributed by atoms with Crippen molar-refractivity contribution in [3.63, 3.8) is 0 Å². The molecular formula is C20H13BrN4O3S. The molecule has 0 atom stereocenters.